The summed E-state index contributed by atoms with van der Waals surface area (Å²) in [7, 11) is 0. The van der Waals surface area contributed by atoms with Gasteiger partial charge in [-0.05, 0) is 44.9 Å². The molecular weight excluding hydrogens is 368 g/mol. The van der Waals surface area contributed by atoms with Crippen molar-refractivity contribution in [1.82, 2.24) is 9.80 Å². The number of carbonyl (C=O) groups excluding carboxylic acids is 3. The molecule has 0 saturated carbocycles. The lowest BCUT2D eigenvalue weighted by atomic mass is 10.0. The first-order chi connectivity index (χ1) is 13.0. The highest BCUT2D eigenvalue weighted by atomic mass is 32.2. The van der Waals surface area contributed by atoms with Gasteiger partial charge in [-0.2, -0.15) is 0 Å². The quantitative estimate of drug-likeness (QED) is 0.741. The molecule has 0 aliphatic carbocycles. The molecule has 1 aromatic rings. The van der Waals surface area contributed by atoms with Crippen LogP contribution < -0.4 is 9.47 Å². The summed E-state index contributed by atoms with van der Waals surface area (Å²) in [5.74, 6) is 1.21. The third-order valence-electron chi connectivity index (χ3n) is 4.69. The number of ether oxygens (including phenoxy) is 2. The van der Waals surface area contributed by atoms with E-state index in [2.05, 4.69) is 0 Å². The molecule has 0 bridgehead atoms. The lowest BCUT2D eigenvalue weighted by Crippen LogP contribution is -2.48. The molecular formula is C19H24N2O5S. The standard InChI is InChI=1S/C19H24N2O5S/c1-3-25-15-6-5-13(11-16(15)26-4-2)18(23)20-9-7-14(8-10-20)21-17(22)12-27-19(21)24/h5-6,11,14H,3-4,7-10,12H2,1-2H3. The molecule has 7 nitrogen and oxygen atoms in total. The number of rotatable bonds is 6. The lowest BCUT2D eigenvalue weighted by Gasteiger charge is -2.35. The van der Waals surface area contributed by atoms with E-state index in [0.29, 0.717) is 56.2 Å². The molecule has 0 atom stereocenters. The van der Waals surface area contributed by atoms with E-state index in [0.717, 1.165) is 11.8 Å². The van der Waals surface area contributed by atoms with Gasteiger partial charge in [-0.3, -0.25) is 19.3 Å². The average molecular weight is 392 g/mol. The molecule has 0 aromatic heterocycles. The zero-order valence-electron chi connectivity index (χ0n) is 15.6. The van der Waals surface area contributed by atoms with Gasteiger partial charge >= 0.3 is 0 Å². The van der Waals surface area contributed by atoms with Crippen LogP contribution >= 0.6 is 11.8 Å². The predicted octanol–water partition coefficient (Wildman–Crippen LogP) is 2.78. The van der Waals surface area contributed by atoms with E-state index in [1.165, 1.54) is 4.90 Å². The first-order valence-electron chi connectivity index (χ1n) is 9.22. The van der Waals surface area contributed by atoms with Gasteiger partial charge in [0, 0.05) is 24.7 Å². The first kappa shape index (κ1) is 19.5. The van der Waals surface area contributed by atoms with Crippen LogP contribution in [0.15, 0.2) is 18.2 Å². The van der Waals surface area contributed by atoms with Crippen molar-refractivity contribution in [3.8, 4) is 11.5 Å². The summed E-state index contributed by atoms with van der Waals surface area (Å²) < 4.78 is 11.1. The minimum Gasteiger partial charge on any atom is -0.490 e. The minimum absolute atomic E-state index is 0.0779. The second-order valence-corrected chi connectivity index (χ2v) is 7.30. The van der Waals surface area contributed by atoms with Gasteiger partial charge in [0.1, 0.15) is 0 Å². The topological polar surface area (TPSA) is 76.2 Å². The van der Waals surface area contributed by atoms with Crippen LogP contribution in [-0.2, 0) is 4.79 Å². The summed E-state index contributed by atoms with van der Waals surface area (Å²) in [6, 6.07) is 5.11. The third-order valence-corrected chi connectivity index (χ3v) is 5.53. The average Bonchev–Trinajstić information content (AvgIpc) is 3.01. The van der Waals surface area contributed by atoms with Crippen molar-refractivity contribution in [2.24, 2.45) is 0 Å². The highest BCUT2D eigenvalue weighted by Gasteiger charge is 2.38. The summed E-state index contributed by atoms with van der Waals surface area (Å²) in [6.45, 7) is 5.82. The summed E-state index contributed by atoms with van der Waals surface area (Å²) in [4.78, 5) is 39.7. The van der Waals surface area contributed by atoms with Crippen molar-refractivity contribution in [1.29, 1.82) is 0 Å². The zero-order valence-corrected chi connectivity index (χ0v) is 16.4. The number of thioether (sulfide) groups is 1. The van der Waals surface area contributed by atoms with E-state index in [-0.39, 0.29) is 28.8 Å². The van der Waals surface area contributed by atoms with Gasteiger partial charge < -0.3 is 14.4 Å². The molecule has 2 fully saturated rings. The van der Waals surface area contributed by atoms with E-state index in [9.17, 15) is 14.4 Å². The minimum atomic E-state index is -0.169. The maximum Gasteiger partial charge on any atom is 0.289 e. The number of carbonyl (C=O) groups is 3. The van der Waals surface area contributed by atoms with Crippen molar-refractivity contribution in [2.75, 3.05) is 32.1 Å². The Morgan fingerprint density at radius 1 is 1.11 bits per heavy atom. The Kier molecular flexibility index (Phi) is 6.26. The van der Waals surface area contributed by atoms with Gasteiger partial charge in [-0.15, -0.1) is 0 Å². The van der Waals surface area contributed by atoms with Crippen LogP contribution in [0.4, 0.5) is 4.79 Å². The zero-order chi connectivity index (χ0) is 19.4. The summed E-state index contributed by atoms with van der Waals surface area (Å²) >= 11 is 1.05. The Balaban J connectivity index is 1.66. The lowest BCUT2D eigenvalue weighted by molar-refractivity contribution is -0.126. The summed E-state index contributed by atoms with van der Waals surface area (Å²) in [6.07, 6.45) is 1.22. The molecule has 2 aliphatic rings. The number of hydrogen-bond acceptors (Lipinski definition) is 6. The molecule has 2 aliphatic heterocycles. The smallest absolute Gasteiger partial charge is 0.289 e. The van der Waals surface area contributed by atoms with Gasteiger partial charge in [0.2, 0.25) is 5.91 Å². The highest BCUT2D eigenvalue weighted by molar-refractivity contribution is 8.14. The fourth-order valence-corrected chi connectivity index (χ4v) is 4.19. The van der Waals surface area contributed by atoms with E-state index >= 15 is 0 Å². The van der Waals surface area contributed by atoms with Gasteiger partial charge in [0.15, 0.2) is 11.5 Å². The molecule has 8 heteroatoms. The molecule has 0 spiro atoms. The first-order valence-corrected chi connectivity index (χ1v) is 10.2. The van der Waals surface area contributed by atoms with Crippen molar-refractivity contribution < 1.29 is 23.9 Å². The fraction of sp³-hybridized carbons (Fsp3) is 0.526. The molecule has 0 radical (unpaired) electrons. The second kappa shape index (κ2) is 8.65. The molecule has 0 N–H and O–H groups in total. The molecule has 1 aromatic carbocycles. The van der Waals surface area contributed by atoms with Crippen molar-refractivity contribution in [3.05, 3.63) is 23.8 Å². The molecule has 3 rings (SSSR count). The second-order valence-electron chi connectivity index (χ2n) is 6.37. The number of hydrogen-bond donors (Lipinski definition) is 0. The number of likely N-dealkylation sites (tertiary alicyclic amines) is 1. The Bertz CT molecular complexity index is 715. The van der Waals surface area contributed by atoms with E-state index in [4.69, 9.17) is 9.47 Å². The molecule has 3 amide bonds. The summed E-state index contributed by atoms with van der Waals surface area (Å²) in [5.41, 5.74) is 0.546. The van der Waals surface area contributed by atoms with Gasteiger partial charge in [0.25, 0.3) is 11.1 Å². The van der Waals surface area contributed by atoms with E-state index in [1.54, 1.807) is 23.1 Å². The summed E-state index contributed by atoms with van der Waals surface area (Å²) in [5, 5.41) is -0.169. The molecule has 146 valence electrons. The number of piperidine rings is 1. The Morgan fingerprint density at radius 3 is 2.37 bits per heavy atom. The maximum atomic E-state index is 12.9. The molecule has 0 unspecified atom stereocenters. The van der Waals surface area contributed by atoms with Crippen LogP contribution in [0, 0.1) is 0 Å². The molecule has 2 saturated heterocycles. The number of nitrogens with zero attached hydrogens (tertiary/aromatic N) is 2. The van der Waals surface area contributed by atoms with Crippen molar-refractivity contribution >= 4 is 28.8 Å². The van der Waals surface area contributed by atoms with Crippen LogP contribution in [0.3, 0.4) is 0 Å². The van der Waals surface area contributed by atoms with Crippen LogP contribution in [0.25, 0.3) is 0 Å². The third kappa shape index (κ3) is 4.21. The molecule has 2 heterocycles. The van der Waals surface area contributed by atoms with Gasteiger partial charge in [0.05, 0.1) is 19.0 Å². The van der Waals surface area contributed by atoms with Crippen molar-refractivity contribution in [2.45, 2.75) is 32.7 Å². The van der Waals surface area contributed by atoms with E-state index < -0.39 is 0 Å². The number of amides is 3. The maximum absolute atomic E-state index is 12.9. The Morgan fingerprint density at radius 2 is 1.78 bits per heavy atom. The Labute approximate surface area is 163 Å². The van der Waals surface area contributed by atoms with Crippen LogP contribution in [0.2, 0.25) is 0 Å². The van der Waals surface area contributed by atoms with Gasteiger partial charge in [-0.1, -0.05) is 11.8 Å². The normalized spacial score (nSPS) is 18.1. The highest BCUT2D eigenvalue weighted by Crippen LogP contribution is 2.30. The van der Waals surface area contributed by atoms with Gasteiger partial charge in [-0.25, -0.2) is 0 Å². The fourth-order valence-electron chi connectivity index (χ4n) is 3.41. The number of imide groups is 1. The monoisotopic (exact) mass is 392 g/mol. The molecule has 27 heavy (non-hydrogen) atoms. The van der Waals surface area contributed by atoms with Crippen LogP contribution in [-0.4, -0.2) is 65.0 Å². The van der Waals surface area contributed by atoms with Crippen molar-refractivity contribution in [3.63, 3.8) is 0 Å². The Hall–Kier alpha value is -2.22. The number of benzene rings is 1. The SMILES string of the molecule is CCOc1ccc(C(=O)N2CCC(N3C(=O)CSC3=O)CC2)cc1OCC. The predicted molar refractivity (Wildman–Crippen MR) is 102 cm³/mol. The largest absolute Gasteiger partial charge is 0.490 e. The van der Waals surface area contributed by atoms with E-state index in [1.807, 2.05) is 13.8 Å². The van der Waals surface area contributed by atoms with Crippen LogP contribution in [0.5, 0.6) is 11.5 Å². The van der Waals surface area contributed by atoms with Crippen LogP contribution in [0.1, 0.15) is 37.0 Å².